The second-order valence-electron chi connectivity index (χ2n) is 3.30. The maximum atomic E-state index is 13.4. The van der Waals surface area contributed by atoms with Gasteiger partial charge in [0.25, 0.3) is 0 Å². The molecule has 0 N–H and O–H groups in total. The maximum Gasteiger partial charge on any atom is 0.441 e. The number of hydrogen-bond donors (Lipinski definition) is 0. The van der Waals surface area contributed by atoms with Crippen molar-refractivity contribution in [2.45, 2.75) is 22.2 Å². The zero-order valence-corrected chi connectivity index (χ0v) is 12.5. The number of rotatable bonds is 2. The third-order valence-electron chi connectivity index (χ3n) is 1.82. The molecule has 1 rings (SSSR count). The van der Waals surface area contributed by atoms with Crippen LogP contribution in [0.3, 0.4) is 0 Å². The Morgan fingerprint density at radius 1 is 0.737 bits per heavy atom. The number of alkyl halides is 7. The van der Waals surface area contributed by atoms with Crippen LogP contribution in [-0.4, -0.2) is 17.4 Å². The molecule has 108 valence electrons. The van der Waals surface area contributed by atoms with Crippen LogP contribution in [0.1, 0.15) is 0 Å². The minimum atomic E-state index is -6.08. The molecule has 0 atom stereocenters. The lowest BCUT2D eigenvalue weighted by atomic mass is 10.3. The summed E-state index contributed by atoms with van der Waals surface area (Å²) < 4.78 is 88.0. The SMILES string of the molecule is FC(F)(F)C(F)(Sc1cc(Br)cc(Br)c1)C(F)(F)F. The molecule has 0 aromatic heterocycles. The molecule has 10 heteroatoms. The molecule has 1 aromatic rings. The Hall–Kier alpha value is 0.0400. The van der Waals surface area contributed by atoms with Crippen LogP contribution in [0.5, 0.6) is 0 Å². The van der Waals surface area contributed by atoms with Crippen molar-refractivity contribution in [2.75, 3.05) is 0 Å². The quantitative estimate of drug-likeness (QED) is 0.400. The predicted octanol–water partition coefficient (Wildman–Crippen LogP) is 6.09. The highest BCUT2D eigenvalue weighted by atomic mass is 79.9. The summed E-state index contributed by atoms with van der Waals surface area (Å²) >= 11 is 4.84. The Balaban J connectivity index is 3.23. The fourth-order valence-corrected chi connectivity index (χ4v) is 3.55. The summed E-state index contributed by atoms with van der Waals surface area (Å²) in [6.07, 6.45) is -12.2. The van der Waals surface area contributed by atoms with Gasteiger partial charge in [-0.3, -0.25) is 0 Å². The van der Waals surface area contributed by atoms with E-state index in [1.54, 1.807) is 0 Å². The fraction of sp³-hybridized carbons (Fsp3) is 0.333. The summed E-state index contributed by atoms with van der Waals surface area (Å²) in [5.74, 6) is 0. The summed E-state index contributed by atoms with van der Waals surface area (Å²) in [5, 5.41) is -5.36. The average Bonchev–Trinajstić information content (AvgIpc) is 2.11. The molecule has 0 radical (unpaired) electrons. The molecule has 0 unspecified atom stereocenters. The van der Waals surface area contributed by atoms with Gasteiger partial charge in [-0.15, -0.1) is 0 Å². The number of halogens is 9. The molecule has 0 nitrogen and oxygen atoms in total. The van der Waals surface area contributed by atoms with Crippen molar-refractivity contribution in [3.63, 3.8) is 0 Å². The van der Waals surface area contributed by atoms with Gasteiger partial charge in [0.1, 0.15) is 0 Å². The van der Waals surface area contributed by atoms with E-state index in [1.165, 1.54) is 6.07 Å². The molecule has 0 spiro atoms. The highest BCUT2D eigenvalue weighted by molar-refractivity contribution is 9.11. The average molecular weight is 436 g/mol. The first-order chi connectivity index (χ1) is 8.37. The molecular weight excluding hydrogens is 433 g/mol. The lowest BCUT2D eigenvalue weighted by Crippen LogP contribution is -2.50. The van der Waals surface area contributed by atoms with Crippen molar-refractivity contribution in [3.8, 4) is 0 Å². The summed E-state index contributed by atoms with van der Waals surface area (Å²) in [6, 6.07) is 3.31. The molecule has 0 fully saturated rings. The van der Waals surface area contributed by atoms with E-state index in [0.717, 1.165) is 12.1 Å². The number of thioether (sulfide) groups is 1. The Kier molecular flexibility index (Phi) is 4.89. The minimum Gasteiger partial charge on any atom is -0.211 e. The summed E-state index contributed by atoms with van der Waals surface area (Å²) in [4.78, 5) is -0.515. The molecule has 0 aliphatic carbocycles. The van der Waals surface area contributed by atoms with E-state index in [1.807, 2.05) is 0 Å². The Labute approximate surface area is 124 Å². The van der Waals surface area contributed by atoms with E-state index >= 15 is 0 Å². The first-order valence-electron chi connectivity index (χ1n) is 4.34. The first-order valence-corrected chi connectivity index (χ1v) is 6.74. The van der Waals surface area contributed by atoms with Gasteiger partial charge in [0, 0.05) is 13.8 Å². The number of hydrogen-bond acceptors (Lipinski definition) is 1. The highest BCUT2D eigenvalue weighted by Gasteiger charge is 2.73. The second-order valence-corrected chi connectivity index (χ2v) is 6.37. The van der Waals surface area contributed by atoms with Gasteiger partial charge in [-0.1, -0.05) is 43.6 Å². The van der Waals surface area contributed by atoms with E-state index in [9.17, 15) is 30.7 Å². The van der Waals surface area contributed by atoms with Crippen LogP contribution >= 0.6 is 43.6 Å². The highest BCUT2D eigenvalue weighted by Crippen LogP contribution is 2.55. The molecule has 0 saturated carbocycles. The molecule has 1 aromatic carbocycles. The van der Waals surface area contributed by atoms with Crippen LogP contribution in [-0.2, 0) is 0 Å². The van der Waals surface area contributed by atoms with E-state index in [2.05, 4.69) is 31.9 Å². The number of benzene rings is 1. The van der Waals surface area contributed by atoms with Crippen LogP contribution < -0.4 is 0 Å². The molecule has 0 saturated heterocycles. The third-order valence-corrected chi connectivity index (χ3v) is 3.96. The Bertz CT molecular complexity index is 434. The van der Waals surface area contributed by atoms with Gasteiger partial charge >= 0.3 is 17.4 Å². The lowest BCUT2D eigenvalue weighted by molar-refractivity contribution is -0.302. The molecule has 0 amide bonds. The zero-order chi connectivity index (χ0) is 15.1. The van der Waals surface area contributed by atoms with E-state index in [-0.39, 0.29) is 8.95 Å². The van der Waals surface area contributed by atoms with Gasteiger partial charge in [0.05, 0.1) is 0 Å². The van der Waals surface area contributed by atoms with Crippen molar-refractivity contribution in [1.82, 2.24) is 0 Å². The third kappa shape index (κ3) is 3.78. The summed E-state index contributed by atoms with van der Waals surface area (Å²) in [7, 11) is 0. The van der Waals surface area contributed by atoms with Gasteiger partial charge in [0.2, 0.25) is 0 Å². The Morgan fingerprint density at radius 2 is 1.11 bits per heavy atom. The zero-order valence-electron chi connectivity index (χ0n) is 8.54. The molecule has 0 aliphatic rings. The van der Waals surface area contributed by atoms with Crippen LogP contribution in [0.25, 0.3) is 0 Å². The van der Waals surface area contributed by atoms with Gasteiger partial charge in [-0.2, -0.15) is 26.3 Å². The maximum absolute atomic E-state index is 13.4. The molecule has 0 bridgehead atoms. The van der Waals surface area contributed by atoms with Crippen molar-refractivity contribution < 1.29 is 30.7 Å². The van der Waals surface area contributed by atoms with E-state index in [4.69, 9.17) is 0 Å². The smallest absolute Gasteiger partial charge is 0.211 e. The van der Waals surface area contributed by atoms with Gasteiger partial charge in [-0.05, 0) is 18.2 Å². The van der Waals surface area contributed by atoms with E-state index < -0.39 is 34.0 Å². The monoisotopic (exact) mass is 434 g/mol. The topological polar surface area (TPSA) is 0 Å². The predicted molar refractivity (Wildman–Crippen MR) is 63.6 cm³/mol. The molecular formula is C9H3Br2F7S. The normalized spacial score (nSPS) is 13.7. The summed E-state index contributed by atoms with van der Waals surface area (Å²) in [6.45, 7) is 0. The minimum absolute atomic E-state index is 0.219. The molecule has 0 aliphatic heterocycles. The molecule has 19 heavy (non-hydrogen) atoms. The Morgan fingerprint density at radius 3 is 1.42 bits per heavy atom. The standard InChI is InChI=1S/C9H3Br2F7S/c10-4-1-5(11)3-6(2-4)19-7(12,8(13,14)15)9(16,17)18/h1-3H. The first kappa shape index (κ1) is 17.1. The largest absolute Gasteiger partial charge is 0.441 e. The van der Waals surface area contributed by atoms with Crippen LogP contribution in [0, 0.1) is 0 Å². The van der Waals surface area contributed by atoms with Gasteiger partial charge in [-0.25, -0.2) is 4.39 Å². The molecule has 0 heterocycles. The second kappa shape index (κ2) is 5.44. The van der Waals surface area contributed by atoms with Crippen LogP contribution in [0.4, 0.5) is 30.7 Å². The van der Waals surface area contributed by atoms with Crippen molar-refractivity contribution in [2.24, 2.45) is 0 Å². The fourth-order valence-electron chi connectivity index (χ4n) is 1.03. The van der Waals surface area contributed by atoms with Gasteiger partial charge in [0.15, 0.2) is 0 Å². The van der Waals surface area contributed by atoms with Crippen molar-refractivity contribution in [3.05, 3.63) is 27.1 Å². The van der Waals surface area contributed by atoms with Crippen LogP contribution in [0.15, 0.2) is 32.0 Å². The van der Waals surface area contributed by atoms with Crippen LogP contribution in [0.2, 0.25) is 0 Å². The lowest BCUT2D eigenvalue weighted by Gasteiger charge is -2.29. The summed E-state index contributed by atoms with van der Waals surface area (Å²) in [5.41, 5.74) is 0. The van der Waals surface area contributed by atoms with Crippen molar-refractivity contribution >= 4 is 43.6 Å². The van der Waals surface area contributed by atoms with Gasteiger partial charge < -0.3 is 0 Å². The van der Waals surface area contributed by atoms with Crippen molar-refractivity contribution in [1.29, 1.82) is 0 Å². The van der Waals surface area contributed by atoms with E-state index in [0.29, 0.717) is 0 Å².